The number of carboxylic acid groups (broad SMARTS) is 1. The van der Waals surface area contributed by atoms with Crippen molar-refractivity contribution in [1.82, 2.24) is 34.8 Å². The molecule has 1 saturated heterocycles. The molecule has 2 aliphatic heterocycles. The highest BCUT2D eigenvalue weighted by Crippen LogP contribution is 2.33. The molecule has 2 aliphatic rings. The third-order valence-electron chi connectivity index (χ3n) is 6.50. The van der Waals surface area contributed by atoms with Gasteiger partial charge in [0.25, 0.3) is 5.91 Å². The standard InChI is InChI=1S/C22H27N7O.C2HF3O2/c1-2-28-12-17(10-24-28)11-27-13-18-8-20-25-26-21(29(20)15-19(18)14-27)22(30)23-9-16-6-4-3-5-7-16;3-2(4,5)1(6)7/h3-7,10,12,18-19H,2,8-9,11,13-15H2,1H3,(H,23,30);(H,6,7). The molecule has 3 aromatic rings. The largest absolute Gasteiger partial charge is 0.490 e. The number of halogens is 3. The van der Waals surface area contributed by atoms with Gasteiger partial charge in [-0.05, 0) is 24.3 Å². The molecule has 4 heterocycles. The average Bonchev–Trinajstić information content (AvgIpc) is 3.59. The van der Waals surface area contributed by atoms with E-state index < -0.39 is 12.1 Å². The molecule has 1 fully saturated rings. The van der Waals surface area contributed by atoms with Gasteiger partial charge in [-0.2, -0.15) is 18.3 Å². The number of benzene rings is 1. The maximum absolute atomic E-state index is 12.7. The van der Waals surface area contributed by atoms with E-state index in [4.69, 9.17) is 9.90 Å². The molecule has 1 aromatic carbocycles. The number of aryl methyl sites for hydroxylation is 1. The Morgan fingerprint density at radius 1 is 1.08 bits per heavy atom. The van der Waals surface area contributed by atoms with Gasteiger partial charge in [0.05, 0.1) is 6.20 Å². The third-order valence-corrected chi connectivity index (χ3v) is 6.50. The fourth-order valence-corrected chi connectivity index (χ4v) is 4.69. The quantitative estimate of drug-likeness (QED) is 0.513. The topological polar surface area (TPSA) is 118 Å². The molecule has 0 saturated carbocycles. The summed E-state index contributed by atoms with van der Waals surface area (Å²) in [6.07, 6.45) is -0.101. The lowest BCUT2D eigenvalue weighted by atomic mass is 9.89. The van der Waals surface area contributed by atoms with Crippen molar-refractivity contribution in [3.05, 3.63) is 65.5 Å². The highest BCUT2D eigenvalue weighted by molar-refractivity contribution is 5.90. The highest BCUT2D eigenvalue weighted by Gasteiger charge is 2.39. The number of nitrogens with zero attached hydrogens (tertiary/aromatic N) is 6. The third kappa shape index (κ3) is 6.53. The molecule has 198 valence electrons. The van der Waals surface area contributed by atoms with Gasteiger partial charge in [0.2, 0.25) is 5.82 Å². The Bertz CT molecular complexity index is 1230. The number of aromatic nitrogens is 5. The Balaban J connectivity index is 0.000000405. The molecule has 2 aromatic heterocycles. The zero-order chi connectivity index (χ0) is 26.6. The summed E-state index contributed by atoms with van der Waals surface area (Å²) in [7, 11) is 0. The van der Waals surface area contributed by atoms with E-state index in [9.17, 15) is 18.0 Å². The van der Waals surface area contributed by atoms with Gasteiger partial charge in [-0.3, -0.25) is 14.4 Å². The minimum absolute atomic E-state index is 0.155. The normalized spacial score (nSPS) is 18.9. The minimum atomic E-state index is -5.08. The summed E-state index contributed by atoms with van der Waals surface area (Å²) in [5, 5.41) is 23.0. The van der Waals surface area contributed by atoms with E-state index in [1.54, 1.807) is 0 Å². The Hall–Kier alpha value is -3.74. The second-order valence-corrected chi connectivity index (χ2v) is 9.14. The molecular formula is C24H28F3N7O3. The van der Waals surface area contributed by atoms with Gasteiger partial charge in [-0.25, -0.2) is 4.79 Å². The first-order valence-electron chi connectivity index (χ1n) is 11.9. The molecule has 2 atom stereocenters. The molecule has 0 radical (unpaired) electrons. The summed E-state index contributed by atoms with van der Waals surface area (Å²) >= 11 is 0. The number of likely N-dealkylation sites (tertiary alicyclic amines) is 1. The number of alkyl halides is 3. The molecule has 0 bridgehead atoms. The molecule has 10 nitrogen and oxygen atoms in total. The van der Waals surface area contributed by atoms with Crippen LogP contribution in [0, 0.1) is 11.8 Å². The van der Waals surface area contributed by atoms with E-state index in [1.807, 2.05) is 45.8 Å². The van der Waals surface area contributed by atoms with Crippen LogP contribution in [0.1, 0.15) is 34.5 Å². The Labute approximate surface area is 211 Å². The van der Waals surface area contributed by atoms with Crippen molar-refractivity contribution in [3.63, 3.8) is 0 Å². The fraction of sp³-hybridized carbons (Fsp3) is 0.458. The summed E-state index contributed by atoms with van der Waals surface area (Å²) in [6, 6.07) is 9.92. The van der Waals surface area contributed by atoms with E-state index >= 15 is 0 Å². The van der Waals surface area contributed by atoms with Crippen LogP contribution in [0.25, 0.3) is 0 Å². The predicted octanol–water partition coefficient (Wildman–Crippen LogP) is 2.36. The zero-order valence-corrected chi connectivity index (χ0v) is 20.2. The monoisotopic (exact) mass is 519 g/mol. The Morgan fingerprint density at radius 3 is 2.43 bits per heavy atom. The molecule has 2 unspecified atom stereocenters. The predicted molar refractivity (Wildman–Crippen MR) is 125 cm³/mol. The van der Waals surface area contributed by atoms with Crippen molar-refractivity contribution in [1.29, 1.82) is 0 Å². The van der Waals surface area contributed by atoms with Gasteiger partial charge in [-0.1, -0.05) is 30.3 Å². The molecule has 13 heteroatoms. The summed E-state index contributed by atoms with van der Waals surface area (Å²) in [6.45, 7) is 7.32. The van der Waals surface area contributed by atoms with Crippen LogP contribution in [-0.4, -0.2) is 65.7 Å². The second-order valence-electron chi connectivity index (χ2n) is 9.14. The van der Waals surface area contributed by atoms with E-state index in [2.05, 4.69) is 38.6 Å². The van der Waals surface area contributed by atoms with Crippen LogP contribution in [0.2, 0.25) is 0 Å². The summed E-state index contributed by atoms with van der Waals surface area (Å²) in [4.78, 5) is 24.1. The van der Waals surface area contributed by atoms with Crippen molar-refractivity contribution in [2.45, 2.75) is 45.7 Å². The molecular weight excluding hydrogens is 491 g/mol. The van der Waals surface area contributed by atoms with Crippen LogP contribution in [0.5, 0.6) is 0 Å². The number of nitrogens with one attached hydrogen (secondary N) is 1. The van der Waals surface area contributed by atoms with Crippen LogP contribution in [0.3, 0.4) is 0 Å². The molecule has 0 spiro atoms. The average molecular weight is 520 g/mol. The summed E-state index contributed by atoms with van der Waals surface area (Å²) < 4.78 is 35.7. The molecule has 37 heavy (non-hydrogen) atoms. The van der Waals surface area contributed by atoms with Gasteiger partial charge in [0.1, 0.15) is 5.82 Å². The number of carboxylic acids is 1. The van der Waals surface area contributed by atoms with Crippen molar-refractivity contribution in [2.24, 2.45) is 11.8 Å². The van der Waals surface area contributed by atoms with E-state index in [0.717, 1.165) is 50.5 Å². The SMILES string of the molecule is CCn1cc(CN2CC3Cc4nnc(C(=O)NCc5ccccc5)n4CC3C2)cn1.O=C(O)C(F)(F)F. The van der Waals surface area contributed by atoms with Gasteiger partial charge >= 0.3 is 12.1 Å². The van der Waals surface area contributed by atoms with E-state index in [0.29, 0.717) is 24.2 Å². The molecule has 5 rings (SSSR count). The van der Waals surface area contributed by atoms with Crippen molar-refractivity contribution in [3.8, 4) is 0 Å². The van der Waals surface area contributed by atoms with Gasteiger partial charge in [0, 0.05) is 57.4 Å². The highest BCUT2D eigenvalue weighted by atomic mass is 19.4. The first-order valence-corrected chi connectivity index (χ1v) is 11.9. The number of rotatable bonds is 6. The second kappa shape index (κ2) is 11.1. The Kier molecular flexibility index (Phi) is 7.91. The van der Waals surface area contributed by atoms with Gasteiger partial charge < -0.3 is 15.0 Å². The number of carbonyl (C=O) groups is 2. The maximum atomic E-state index is 12.7. The first kappa shape index (κ1) is 26.3. The number of hydrogen-bond donors (Lipinski definition) is 2. The van der Waals surface area contributed by atoms with Gasteiger partial charge in [-0.15, -0.1) is 10.2 Å². The maximum Gasteiger partial charge on any atom is 0.490 e. The fourth-order valence-electron chi connectivity index (χ4n) is 4.69. The van der Waals surface area contributed by atoms with Crippen molar-refractivity contribution in [2.75, 3.05) is 13.1 Å². The number of fused-ring (bicyclic) bond motifs is 2. The summed E-state index contributed by atoms with van der Waals surface area (Å²) in [5.41, 5.74) is 2.33. The minimum Gasteiger partial charge on any atom is -0.475 e. The van der Waals surface area contributed by atoms with E-state index in [-0.39, 0.29) is 5.91 Å². The van der Waals surface area contributed by atoms with Crippen LogP contribution >= 0.6 is 0 Å². The van der Waals surface area contributed by atoms with Crippen LogP contribution in [0.4, 0.5) is 13.2 Å². The van der Waals surface area contributed by atoms with Gasteiger partial charge in [0.15, 0.2) is 0 Å². The van der Waals surface area contributed by atoms with Crippen LogP contribution in [-0.2, 0) is 37.4 Å². The lowest BCUT2D eigenvalue weighted by Crippen LogP contribution is -2.32. The number of hydrogen-bond acceptors (Lipinski definition) is 6. The zero-order valence-electron chi connectivity index (χ0n) is 20.2. The lowest BCUT2D eigenvalue weighted by Gasteiger charge is -2.25. The van der Waals surface area contributed by atoms with Crippen LogP contribution < -0.4 is 5.32 Å². The van der Waals surface area contributed by atoms with Crippen molar-refractivity contribution >= 4 is 11.9 Å². The smallest absolute Gasteiger partial charge is 0.475 e. The number of aliphatic carboxylic acids is 1. The van der Waals surface area contributed by atoms with Crippen molar-refractivity contribution < 1.29 is 27.9 Å². The summed E-state index contributed by atoms with van der Waals surface area (Å²) in [5.74, 6) is -0.451. The molecule has 0 aliphatic carbocycles. The molecule has 2 N–H and O–H groups in total. The number of carbonyl (C=O) groups excluding carboxylic acids is 1. The van der Waals surface area contributed by atoms with E-state index in [1.165, 1.54) is 5.56 Å². The van der Waals surface area contributed by atoms with Crippen LogP contribution in [0.15, 0.2) is 42.7 Å². The Morgan fingerprint density at radius 2 is 1.78 bits per heavy atom. The first-order chi connectivity index (χ1) is 17.6. The lowest BCUT2D eigenvalue weighted by molar-refractivity contribution is -0.192. The number of amides is 1. The molecule has 1 amide bonds.